The Morgan fingerprint density at radius 1 is 1.47 bits per heavy atom. The van der Waals surface area contributed by atoms with E-state index in [0.29, 0.717) is 6.04 Å². The molecule has 1 aliphatic heterocycles. The van der Waals surface area contributed by atoms with E-state index in [9.17, 15) is 0 Å². The Morgan fingerprint density at radius 3 is 2.68 bits per heavy atom. The van der Waals surface area contributed by atoms with Crippen LogP contribution >= 0.6 is 11.8 Å². The van der Waals surface area contributed by atoms with Gasteiger partial charge in [0.2, 0.25) is 0 Å². The van der Waals surface area contributed by atoms with Gasteiger partial charge in [0.05, 0.1) is 6.54 Å². The molecular formula is C14H28N4S. The van der Waals surface area contributed by atoms with Crippen LogP contribution < -0.4 is 10.6 Å². The highest BCUT2D eigenvalue weighted by Crippen LogP contribution is 2.32. The largest absolute Gasteiger partial charge is 0.357 e. The van der Waals surface area contributed by atoms with Gasteiger partial charge in [-0.05, 0) is 45.5 Å². The number of aliphatic imine (C=N–C) groups is 1. The lowest BCUT2D eigenvalue weighted by molar-refractivity contribution is 0.190. The topological polar surface area (TPSA) is 39.7 Å². The molecule has 0 aromatic rings. The standard InChI is InChI=1S/C14H28N4S/c1-5-15-13(17-12-8-11(12)2)16-9-14(18(3)4)6-7-19-10-14/h11-12H,5-10H2,1-4H3,(H2,15,16,17). The number of likely N-dealkylation sites (N-methyl/N-ethyl adjacent to an activating group) is 1. The number of rotatable bonds is 5. The minimum absolute atomic E-state index is 0.252. The zero-order valence-corrected chi connectivity index (χ0v) is 13.5. The summed E-state index contributed by atoms with van der Waals surface area (Å²) in [5.41, 5.74) is 0.252. The monoisotopic (exact) mass is 284 g/mol. The molecule has 5 heteroatoms. The number of thioether (sulfide) groups is 1. The molecule has 2 rings (SSSR count). The van der Waals surface area contributed by atoms with Crippen molar-refractivity contribution in [1.82, 2.24) is 15.5 Å². The summed E-state index contributed by atoms with van der Waals surface area (Å²) in [4.78, 5) is 7.20. The molecule has 0 radical (unpaired) electrons. The third-order valence-corrected chi connectivity index (χ3v) is 5.57. The van der Waals surface area contributed by atoms with Crippen LogP contribution in [0.5, 0.6) is 0 Å². The second-order valence-corrected chi connectivity index (χ2v) is 7.19. The lowest BCUT2D eigenvalue weighted by atomic mass is 9.98. The molecule has 3 atom stereocenters. The minimum atomic E-state index is 0.252. The molecule has 0 aromatic carbocycles. The van der Waals surface area contributed by atoms with Crippen LogP contribution in [0, 0.1) is 5.92 Å². The SMILES string of the molecule is CCNC(=NCC1(N(C)C)CCSC1)NC1CC1C. The molecule has 0 aromatic heterocycles. The number of nitrogens with zero attached hydrogens (tertiary/aromatic N) is 2. The van der Waals surface area contributed by atoms with Crippen molar-refractivity contribution in [3.8, 4) is 0 Å². The molecule has 1 heterocycles. The van der Waals surface area contributed by atoms with Gasteiger partial charge in [-0.3, -0.25) is 4.99 Å². The zero-order chi connectivity index (χ0) is 13.9. The summed E-state index contributed by atoms with van der Waals surface area (Å²) in [6.07, 6.45) is 2.52. The Bertz CT molecular complexity index is 323. The molecule has 1 saturated heterocycles. The fraction of sp³-hybridized carbons (Fsp3) is 0.929. The summed E-state index contributed by atoms with van der Waals surface area (Å²) >= 11 is 2.05. The van der Waals surface area contributed by atoms with Crippen molar-refractivity contribution >= 4 is 17.7 Å². The first kappa shape index (κ1) is 15.0. The molecule has 0 spiro atoms. The van der Waals surface area contributed by atoms with Gasteiger partial charge in [-0.15, -0.1) is 0 Å². The van der Waals surface area contributed by atoms with Crippen molar-refractivity contribution in [2.75, 3.05) is 38.7 Å². The Morgan fingerprint density at radius 2 is 2.21 bits per heavy atom. The maximum Gasteiger partial charge on any atom is 0.191 e. The molecule has 110 valence electrons. The quantitative estimate of drug-likeness (QED) is 0.591. The minimum Gasteiger partial charge on any atom is -0.357 e. The first-order valence-electron chi connectivity index (χ1n) is 7.37. The highest BCUT2D eigenvalue weighted by Gasteiger charge is 2.37. The maximum absolute atomic E-state index is 4.84. The van der Waals surface area contributed by atoms with Crippen molar-refractivity contribution < 1.29 is 0 Å². The van der Waals surface area contributed by atoms with E-state index < -0.39 is 0 Å². The van der Waals surface area contributed by atoms with Crippen molar-refractivity contribution in [3.05, 3.63) is 0 Å². The van der Waals surface area contributed by atoms with E-state index in [1.54, 1.807) is 0 Å². The number of hydrogen-bond donors (Lipinski definition) is 2. The summed E-state index contributed by atoms with van der Waals surface area (Å²) < 4.78 is 0. The third kappa shape index (κ3) is 3.78. The van der Waals surface area contributed by atoms with E-state index in [1.165, 1.54) is 24.3 Å². The average molecular weight is 284 g/mol. The van der Waals surface area contributed by atoms with Crippen LogP contribution in [0.25, 0.3) is 0 Å². The summed E-state index contributed by atoms with van der Waals surface area (Å²) in [6, 6.07) is 0.631. The molecule has 0 amide bonds. The van der Waals surface area contributed by atoms with E-state index in [4.69, 9.17) is 4.99 Å². The van der Waals surface area contributed by atoms with Gasteiger partial charge in [0.15, 0.2) is 5.96 Å². The van der Waals surface area contributed by atoms with Crippen molar-refractivity contribution in [1.29, 1.82) is 0 Å². The Kier molecular flexibility index (Phi) is 5.01. The highest BCUT2D eigenvalue weighted by molar-refractivity contribution is 7.99. The van der Waals surface area contributed by atoms with Gasteiger partial charge in [-0.2, -0.15) is 11.8 Å². The molecule has 3 unspecified atom stereocenters. The summed E-state index contributed by atoms with van der Waals surface area (Å²) in [5, 5.41) is 6.90. The van der Waals surface area contributed by atoms with Gasteiger partial charge in [0.1, 0.15) is 0 Å². The fourth-order valence-electron chi connectivity index (χ4n) is 2.46. The van der Waals surface area contributed by atoms with Gasteiger partial charge in [0.25, 0.3) is 0 Å². The molecule has 0 bridgehead atoms. The van der Waals surface area contributed by atoms with Gasteiger partial charge in [-0.1, -0.05) is 6.92 Å². The second kappa shape index (κ2) is 6.35. The molecular weight excluding hydrogens is 256 g/mol. The molecule has 19 heavy (non-hydrogen) atoms. The van der Waals surface area contributed by atoms with Crippen molar-refractivity contribution in [3.63, 3.8) is 0 Å². The van der Waals surface area contributed by atoms with E-state index in [1.807, 2.05) is 11.8 Å². The lowest BCUT2D eigenvalue weighted by Crippen LogP contribution is -2.48. The number of nitrogens with one attached hydrogen (secondary N) is 2. The molecule has 4 nitrogen and oxygen atoms in total. The van der Waals surface area contributed by atoms with Gasteiger partial charge in [-0.25, -0.2) is 0 Å². The van der Waals surface area contributed by atoms with Gasteiger partial charge in [0, 0.05) is 23.9 Å². The maximum atomic E-state index is 4.84. The molecule has 2 fully saturated rings. The highest BCUT2D eigenvalue weighted by atomic mass is 32.2. The molecule has 2 aliphatic rings. The van der Waals surface area contributed by atoms with Crippen LogP contribution in [0.2, 0.25) is 0 Å². The summed E-state index contributed by atoms with van der Waals surface area (Å²) in [6.45, 7) is 6.23. The lowest BCUT2D eigenvalue weighted by Gasteiger charge is -2.34. The fourth-order valence-corrected chi connectivity index (χ4v) is 4.00. The molecule has 1 saturated carbocycles. The first-order chi connectivity index (χ1) is 9.07. The molecule has 1 aliphatic carbocycles. The first-order valence-corrected chi connectivity index (χ1v) is 8.53. The Hall–Kier alpha value is -0.420. The average Bonchev–Trinajstić information content (AvgIpc) is 2.89. The Balaban J connectivity index is 1.95. The van der Waals surface area contributed by atoms with Crippen LogP contribution in [-0.2, 0) is 0 Å². The van der Waals surface area contributed by atoms with Crippen molar-refractivity contribution in [2.24, 2.45) is 10.9 Å². The number of hydrogen-bond acceptors (Lipinski definition) is 3. The van der Waals surface area contributed by atoms with Crippen LogP contribution in [0.1, 0.15) is 26.7 Å². The predicted octanol–water partition coefficient (Wildman–Crippen LogP) is 1.39. The third-order valence-electron chi connectivity index (χ3n) is 4.34. The summed E-state index contributed by atoms with van der Waals surface area (Å²) in [5.74, 6) is 4.25. The summed E-state index contributed by atoms with van der Waals surface area (Å²) in [7, 11) is 4.37. The van der Waals surface area contributed by atoms with Gasteiger partial charge >= 0.3 is 0 Å². The smallest absolute Gasteiger partial charge is 0.191 e. The van der Waals surface area contributed by atoms with E-state index in [2.05, 4.69) is 43.5 Å². The van der Waals surface area contributed by atoms with Crippen LogP contribution in [-0.4, -0.2) is 61.1 Å². The second-order valence-electron chi connectivity index (χ2n) is 6.08. The van der Waals surface area contributed by atoms with Crippen molar-refractivity contribution in [2.45, 2.75) is 38.3 Å². The van der Waals surface area contributed by atoms with Gasteiger partial charge < -0.3 is 15.5 Å². The predicted molar refractivity (Wildman–Crippen MR) is 85.0 cm³/mol. The van der Waals surface area contributed by atoms with Crippen LogP contribution in [0.4, 0.5) is 0 Å². The number of guanidine groups is 1. The van der Waals surface area contributed by atoms with Crippen LogP contribution in [0.3, 0.4) is 0 Å². The Labute approximate surface area is 121 Å². The van der Waals surface area contributed by atoms with E-state index in [0.717, 1.165) is 25.0 Å². The normalized spacial score (nSPS) is 34.7. The van der Waals surface area contributed by atoms with E-state index >= 15 is 0 Å². The molecule has 2 N–H and O–H groups in total. The van der Waals surface area contributed by atoms with Crippen LogP contribution in [0.15, 0.2) is 4.99 Å². The van der Waals surface area contributed by atoms with E-state index in [-0.39, 0.29) is 5.54 Å². The zero-order valence-electron chi connectivity index (χ0n) is 12.7.